The van der Waals surface area contributed by atoms with E-state index in [0.717, 1.165) is 89.3 Å². The van der Waals surface area contributed by atoms with E-state index in [1.807, 2.05) is 24.3 Å². The zero-order valence-corrected chi connectivity index (χ0v) is 83.2. The van der Waals surface area contributed by atoms with Crippen LogP contribution in [-0.4, -0.2) is 231 Å². The number of nitrogens with zero attached hydrogens (tertiary/aromatic N) is 5. The van der Waals surface area contributed by atoms with E-state index in [4.69, 9.17) is 69.3 Å². The van der Waals surface area contributed by atoms with Gasteiger partial charge in [0, 0.05) is 48.4 Å². The molecule has 127 heavy (non-hydrogen) atoms. The first-order chi connectivity index (χ1) is 58.7. The third kappa shape index (κ3) is 65.6. The molecule has 0 bridgehead atoms. The van der Waals surface area contributed by atoms with E-state index in [9.17, 15) is 62.1 Å². The number of carbonyl (C=O) groups is 10. The maximum Gasteiger partial charge on any atom is 1.00 e. The molecular formula is C74H106BCl6N12Na2O28PS3. The average molecular weight is 2010 g/mol. The van der Waals surface area contributed by atoms with E-state index in [1.54, 1.807) is 41.2 Å². The normalized spacial score (nSPS) is 11.8. The van der Waals surface area contributed by atoms with Crippen LogP contribution in [0.4, 0.5) is 10.6 Å². The van der Waals surface area contributed by atoms with E-state index < -0.39 is 59.8 Å². The molecule has 9 rings (SSSR count). The Morgan fingerprint density at radius 2 is 1.04 bits per heavy atom. The first-order valence-corrected chi connectivity index (χ1v) is 43.1. The van der Waals surface area contributed by atoms with Gasteiger partial charge in [0.1, 0.15) is 34.7 Å². The number of rotatable bonds is 24. The third-order valence-electron chi connectivity index (χ3n) is 15.2. The molecule has 1 aliphatic carbocycles. The number of ether oxygens (including phenoxy) is 11. The number of benzene rings is 2. The molecule has 2 saturated heterocycles. The number of para-hydroxylation sites is 2. The fourth-order valence-corrected chi connectivity index (χ4v) is 10.2. The van der Waals surface area contributed by atoms with Crippen LogP contribution in [0.25, 0.3) is 0 Å². The Kier molecular flexibility index (Phi) is 80.3. The molecule has 3 aliphatic rings. The first-order valence-electron chi connectivity index (χ1n) is 36.3. The van der Waals surface area contributed by atoms with Gasteiger partial charge in [-0.1, -0.05) is 68.3 Å². The molecule has 3 fully saturated rings. The summed E-state index contributed by atoms with van der Waals surface area (Å²) in [6.45, 7) is 10.5. The number of aromatic nitrogens is 8. The van der Waals surface area contributed by atoms with Gasteiger partial charge in [-0.25, -0.2) is 24.7 Å². The molecule has 1 unspecified atom stereocenters. The van der Waals surface area contributed by atoms with Crippen LogP contribution in [0.15, 0.2) is 82.9 Å². The summed E-state index contributed by atoms with van der Waals surface area (Å²) < 4.78 is 60.4. The number of hydrogen-bond donors (Lipinski definition) is 10. The molecule has 0 spiro atoms. The van der Waals surface area contributed by atoms with Gasteiger partial charge in [-0.05, 0) is 194 Å². The Hall–Kier alpha value is -7.54. The number of hydrogen-bond acceptors (Lipinski definition) is 36. The van der Waals surface area contributed by atoms with E-state index in [1.165, 1.54) is 64.8 Å². The number of aromatic amines is 4. The molecule has 53 heteroatoms. The summed E-state index contributed by atoms with van der Waals surface area (Å²) in [4.78, 5) is 155. The van der Waals surface area contributed by atoms with Gasteiger partial charge in [-0.2, -0.15) is 7.11 Å². The molecule has 12 N–H and O–H groups in total. The van der Waals surface area contributed by atoms with Gasteiger partial charge >= 0.3 is 119 Å². The first kappa shape index (κ1) is 130. The second-order valence-corrected chi connectivity index (χ2v) is 32.6. The monoisotopic (exact) mass is 2000 g/mol. The van der Waals surface area contributed by atoms with Crippen molar-refractivity contribution in [1.29, 1.82) is 0 Å². The summed E-state index contributed by atoms with van der Waals surface area (Å²) >= 11 is 44.3. The van der Waals surface area contributed by atoms with Gasteiger partial charge in [-0.3, -0.25) is 62.5 Å². The SMILES string of the molecule is C.CCOC(=O)CC(C=O)C(=O)OC.CCOC(=O)CCC(=O)OC.CCOC=O.COC(=O)Cc1c[nH]c(=S)[nH]c1=O.COC(=O)Cc1cnc(Cl)nc1Cl.COC(=O)Cc1cnc(Cl)nc1N1CCC(c2ccccc2OC)CC1.COc1ccccc1C1CCNCC1.C[O-].NC(N)=S.O=C(O)Oc1c[nH]c(=S)[nH]c1=O.O=P(Cl)(Cl)Cl.OB(O)C1CC1.[H-].[Na+].[Na+]. The van der Waals surface area contributed by atoms with E-state index in [-0.39, 0.29) is 173 Å². The minimum absolute atomic E-state index is 0. The third-order valence-corrected chi connectivity index (χ3v) is 16.3. The van der Waals surface area contributed by atoms with Crippen LogP contribution >= 0.6 is 110 Å². The van der Waals surface area contributed by atoms with Gasteiger partial charge in [0.15, 0.2) is 14.7 Å². The topological polar surface area (TPSA) is 589 Å². The Morgan fingerprint density at radius 1 is 0.622 bits per heavy atom. The van der Waals surface area contributed by atoms with Crippen molar-refractivity contribution in [3.05, 3.63) is 147 Å². The predicted molar refractivity (Wildman–Crippen MR) is 476 cm³/mol. The fraction of sp³-hybridized carbons (Fsp3) is 0.473. The van der Waals surface area contributed by atoms with Crippen molar-refractivity contribution >= 4 is 189 Å². The number of methoxy groups -OCH3 is 7. The van der Waals surface area contributed by atoms with Gasteiger partial charge in [0.25, 0.3) is 17.6 Å². The van der Waals surface area contributed by atoms with Crippen LogP contribution < -0.4 is 111 Å². The second kappa shape index (κ2) is 78.3. The number of carboxylic acid groups (broad SMARTS) is 1. The number of esters is 7. The number of carbonyl (C=O) groups excluding carboxylic acids is 9. The van der Waals surface area contributed by atoms with Gasteiger partial charge in [-0.15, -0.1) is 0 Å². The zero-order valence-electron chi connectivity index (χ0n) is 72.3. The molecule has 0 amide bonds. The summed E-state index contributed by atoms with van der Waals surface area (Å²) in [5, 5.41) is 33.5. The minimum atomic E-state index is -3.22. The average Bonchev–Trinajstić information content (AvgIpc) is 0.899. The molecule has 0 radical (unpaired) electrons. The van der Waals surface area contributed by atoms with E-state index >= 15 is 0 Å². The van der Waals surface area contributed by atoms with E-state index in [0.29, 0.717) is 54.8 Å². The molecular weight excluding hydrogens is 1900 g/mol. The second-order valence-electron chi connectivity index (χ2n) is 23.6. The Morgan fingerprint density at radius 3 is 1.42 bits per heavy atom. The maximum atomic E-state index is 11.7. The van der Waals surface area contributed by atoms with Gasteiger partial charge < -0.3 is 110 Å². The largest absolute Gasteiger partial charge is 1.00 e. The number of aldehydes is 1. The molecule has 6 heterocycles. The quantitative estimate of drug-likeness (QED) is 0.00477. The van der Waals surface area contributed by atoms with Crippen molar-refractivity contribution in [3.8, 4) is 17.2 Å². The maximum absolute atomic E-state index is 11.7. The summed E-state index contributed by atoms with van der Waals surface area (Å²) in [5.41, 5.74) is 12.3. The van der Waals surface area contributed by atoms with Crippen molar-refractivity contribution < 1.29 is 185 Å². The van der Waals surface area contributed by atoms with Crippen molar-refractivity contribution in [2.45, 2.75) is 123 Å². The van der Waals surface area contributed by atoms with E-state index in [2.05, 4.69) is 194 Å². The van der Waals surface area contributed by atoms with Crippen LogP contribution in [0.1, 0.15) is 127 Å². The Balaban J connectivity index is -0.000000259. The summed E-state index contributed by atoms with van der Waals surface area (Å²) in [6, 6.07) is 16.5. The molecule has 4 aromatic heterocycles. The van der Waals surface area contributed by atoms with Crippen LogP contribution in [0, 0.1) is 15.5 Å². The Bertz CT molecular complexity index is 4520. The number of thiocarbonyl (C=S) groups is 1. The minimum Gasteiger partial charge on any atom is -1.00 e. The van der Waals surface area contributed by atoms with Crippen LogP contribution in [-0.2, 0) is 105 Å². The molecule has 40 nitrogen and oxygen atoms in total. The van der Waals surface area contributed by atoms with Crippen molar-refractivity contribution in [2.75, 3.05) is 108 Å². The molecule has 1 atom stereocenters. The van der Waals surface area contributed by atoms with Crippen molar-refractivity contribution in [1.82, 2.24) is 45.2 Å². The number of anilines is 1. The number of nitrogens with two attached hydrogens (primary N) is 2. The number of piperidine rings is 2. The number of H-pyrrole nitrogens is 4. The van der Waals surface area contributed by atoms with Crippen LogP contribution in [0.2, 0.25) is 21.5 Å². The van der Waals surface area contributed by atoms with Crippen molar-refractivity contribution in [3.63, 3.8) is 0 Å². The summed E-state index contributed by atoms with van der Waals surface area (Å²) in [5.74, 6) is -0.606. The zero-order chi connectivity index (χ0) is 94.9. The fourth-order valence-electron chi connectivity index (χ4n) is 9.36. The molecule has 700 valence electrons. The summed E-state index contributed by atoms with van der Waals surface area (Å²) in [6.07, 6.45) is 10.7. The Labute approximate surface area is 824 Å². The smallest absolute Gasteiger partial charge is 1.00 e. The molecule has 1 saturated carbocycles. The molecule has 2 aliphatic heterocycles. The molecule has 6 aromatic rings. The predicted octanol–water partition coefficient (Wildman–Crippen LogP) is 3.50. The van der Waals surface area contributed by atoms with Crippen LogP contribution in [0.5, 0.6) is 17.2 Å². The molecule has 2 aromatic carbocycles. The van der Waals surface area contributed by atoms with Gasteiger partial charge in [0.2, 0.25) is 16.3 Å². The standard InChI is InChI=1S/C19H22ClN3O3.C12H17NO.C8H12O5.C7H6Cl2N2O2.C7H8N2O3S.C7H12O4.C5H4N2O4S.C3H7BO2.C3H6O2.CH4N2S.CH3O.CH4.Cl3OP.2Na.H/c1-25-16-6-4-3-5-15(16)13-7-9-23(10-8-13)18-14(11-17(24)26-2)12-21-19(20)22-18;1-14-12-5-3-2-4-11(12)10-6-8-13-9-7-10;1-3-13-7(10)4-6(5-9)8(11)12-2;1-13-5(12)2-4-3-10-7(9)11-6(4)8;1-12-5(10)2-4-3-8-7(13)9-6(4)11;1-3-11-7(9)5-4-6(8)10-2;8-3-2(11-5(9)10)1-6-4(12)7-3;5-4(6)3-1-2-3;1-2-5-3-4;2-1(3)4;1-2;;1-5(2,3)4;;;/h3-6,12-13H,7-11H2,1-2H3;2-5,10,13H,6-9H2,1H3;5-6H,3-4H2,1-2H3;3H,2H2,1H3;3H,2H2,1H3,(H2,8,9,11,13);3-5H2,1-2H3;1H,(H,9,10)(H2,6,7,8,12);3,5-6H,1-2H2;3H,2H2,1H3;(H4,2,3,4);1H3;1H4;;;;/q;;;;;;;;;;-1;;;2*+1;-1. The summed E-state index contributed by atoms with van der Waals surface area (Å²) in [7, 11) is 9.55. The number of halogens is 6. The van der Waals surface area contributed by atoms with Gasteiger partial charge in [0.05, 0.1) is 114 Å². The van der Waals surface area contributed by atoms with Crippen molar-refractivity contribution in [2.24, 2.45) is 17.4 Å². The number of nitrogens with one attached hydrogen (secondary N) is 5. The van der Waals surface area contributed by atoms with Crippen LogP contribution in [0.3, 0.4) is 0 Å².